The third-order valence-corrected chi connectivity index (χ3v) is 4.94. The maximum Gasteiger partial charge on any atom is 0.234 e. The number of aromatic nitrogens is 2. The molecule has 2 atom stereocenters. The van der Waals surface area contributed by atoms with Crippen molar-refractivity contribution >= 4 is 5.91 Å². The summed E-state index contributed by atoms with van der Waals surface area (Å²) in [4.78, 5) is 14.5. The maximum atomic E-state index is 13.8. The lowest BCUT2D eigenvalue weighted by atomic mass is 10.00. The predicted octanol–water partition coefficient (Wildman–Crippen LogP) is 4.06. The molecule has 1 N–H and O–H groups in total. The van der Waals surface area contributed by atoms with E-state index in [1.165, 1.54) is 31.4 Å². The lowest BCUT2D eigenvalue weighted by Gasteiger charge is -2.28. The fourth-order valence-corrected chi connectivity index (χ4v) is 3.55. The number of hydrogen-bond acceptors (Lipinski definition) is 3. The zero-order chi connectivity index (χ0) is 20.5. The van der Waals surface area contributed by atoms with Crippen LogP contribution < -0.4 is 5.32 Å². The minimum atomic E-state index is -0.287. The van der Waals surface area contributed by atoms with Gasteiger partial charge in [0.1, 0.15) is 5.82 Å². The van der Waals surface area contributed by atoms with E-state index < -0.39 is 0 Å². The Kier molecular flexibility index (Phi) is 8.64. The summed E-state index contributed by atoms with van der Waals surface area (Å²) in [6.45, 7) is 4.47. The number of carbonyl (C=O) groups is 1. The minimum absolute atomic E-state index is 0.0178. The highest BCUT2D eigenvalue weighted by Crippen LogP contribution is 2.27. The van der Waals surface area contributed by atoms with Gasteiger partial charge in [0.2, 0.25) is 5.91 Å². The second-order valence-electron chi connectivity index (χ2n) is 7.64. The summed E-state index contributed by atoms with van der Waals surface area (Å²) in [6.07, 6.45) is 9.45. The van der Waals surface area contributed by atoms with Gasteiger partial charge >= 0.3 is 0 Å². The van der Waals surface area contributed by atoms with E-state index >= 15 is 0 Å². The summed E-state index contributed by atoms with van der Waals surface area (Å²) in [5.41, 5.74) is 1.73. The molecule has 0 fully saturated rings. The number of hydrogen-bond donors (Lipinski definition) is 1. The Labute approximate surface area is 167 Å². The number of carbonyl (C=O) groups excluding carboxylic acids is 1. The molecule has 1 aromatic heterocycles. The first kappa shape index (κ1) is 22.1. The number of halogens is 1. The van der Waals surface area contributed by atoms with E-state index in [4.69, 9.17) is 0 Å². The van der Waals surface area contributed by atoms with Gasteiger partial charge in [0.15, 0.2) is 0 Å². The third-order valence-electron chi connectivity index (χ3n) is 4.94. The van der Waals surface area contributed by atoms with Crippen molar-refractivity contribution in [3.63, 3.8) is 0 Å². The Morgan fingerprint density at radius 1 is 1.29 bits per heavy atom. The zero-order valence-corrected chi connectivity index (χ0v) is 17.5. The molecule has 0 aliphatic heterocycles. The zero-order valence-electron chi connectivity index (χ0n) is 17.5. The molecule has 0 saturated heterocycles. The van der Waals surface area contributed by atoms with Gasteiger partial charge in [-0.15, -0.1) is 0 Å². The number of nitrogens with one attached hydrogen (secondary N) is 1. The van der Waals surface area contributed by atoms with Gasteiger partial charge in [0.25, 0.3) is 0 Å². The minimum Gasteiger partial charge on any atom is -0.353 e. The number of benzene rings is 1. The van der Waals surface area contributed by atoms with E-state index in [1.807, 2.05) is 31.3 Å². The second-order valence-corrected chi connectivity index (χ2v) is 7.64. The Bertz CT molecular complexity index is 746. The lowest BCUT2D eigenvalue weighted by molar-refractivity contribution is -0.122. The van der Waals surface area contributed by atoms with Gasteiger partial charge in [0, 0.05) is 24.8 Å². The summed E-state index contributed by atoms with van der Waals surface area (Å²) in [6, 6.07) is 6.43. The van der Waals surface area contributed by atoms with Crippen molar-refractivity contribution in [2.24, 2.45) is 7.05 Å². The van der Waals surface area contributed by atoms with Crippen LogP contribution in [0.1, 0.15) is 63.1 Å². The summed E-state index contributed by atoms with van der Waals surface area (Å²) >= 11 is 0. The average molecular weight is 389 g/mol. The van der Waals surface area contributed by atoms with Gasteiger partial charge < -0.3 is 5.32 Å². The lowest BCUT2D eigenvalue weighted by Crippen LogP contribution is -2.41. The van der Waals surface area contributed by atoms with Crippen molar-refractivity contribution < 1.29 is 9.18 Å². The maximum absolute atomic E-state index is 13.8. The van der Waals surface area contributed by atoms with E-state index in [-0.39, 0.29) is 30.4 Å². The van der Waals surface area contributed by atoms with Gasteiger partial charge in [-0.2, -0.15) is 5.10 Å². The second kappa shape index (κ2) is 11.0. The van der Waals surface area contributed by atoms with Crippen LogP contribution >= 0.6 is 0 Å². The Morgan fingerprint density at radius 2 is 2.07 bits per heavy atom. The SMILES string of the molecule is CCCCCCC(C)NC(=O)CN(C)C(c1cccc(F)c1)c1cnn(C)c1. The monoisotopic (exact) mass is 388 g/mol. The van der Waals surface area contributed by atoms with Crippen LogP contribution in [-0.2, 0) is 11.8 Å². The fourth-order valence-electron chi connectivity index (χ4n) is 3.55. The van der Waals surface area contributed by atoms with Gasteiger partial charge in [-0.05, 0) is 38.1 Å². The van der Waals surface area contributed by atoms with E-state index in [0.717, 1.165) is 24.0 Å². The first-order valence-electron chi connectivity index (χ1n) is 10.1. The van der Waals surface area contributed by atoms with E-state index in [0.29, 0.717) is 0 Å². The molecule has 2 rings (SSSR count). The van der Waals surface area contributed by atoms with Gasteiger partial charge in [-0.25, -0.2) is 4.39 Å². The van der Waals surface area contributed by atoms with Gasteiger partial charge in [0.05, 0.1) is 18.8 Å². The van der Waals surface area contributed by atoms with Crippen LogP contribution in [0.2, 0.25) is 0 Å². The summed E-state index contributed by atoms with van der Waals surface area (Å²) in [7, 11) is 3.73. The average Bonchev–Trinajstić information content (AvgIpc) is 3.04. The molecule has 0 bridgehead atoms. The highest BCUT2D eigenvalue weighted by molar-refractivity contribution is 5.78. The molecular formula is C22H33FN4O. The summed E-state index contributed by atoms with van der Waals surface area (Å²) in [5.74, 6) is -0.305. The molecule has 2 aromatic rings. The summed E-state index contributed by atoms with van der Waals surface area (Å²) in [5, 5.41) is 7.33. The van der Waals surface area contributed by atoms with Crippen LogP contribution in [0.3, 0.4) is 0 Å². The molecular weight excluding hydrogens is 355 g/mol. The van der Waals surface area contributed by atoms with E-state index in [1.54, 1.807) is 16.9 Å². The number of rotatable bonds is 11. The summed E-state index contributed by atoms with van der Waals surface area (Å²) < 4.78 is 15.5. The van der Waals surface area contributed by atoms with Crippen molar-refractivity contribution in [1.82, 2.24) is 20.0 Å². The van der Waals surface area contributed by atoms with Gasteiger partial charge in [-0.3, -0.25) is 14.4 Å². The normalized spacial score (nSPS) is 13.5. The molecule has 154 valence electrons. The van der Waals surface area contributed by atoms with E-state index in [9.17, 15) is 9.18 Å². The molecule has 0 radical (unpaired) electrons. The highest BCUT2D eigenvalue weighted by Gasteiger charge is 2.23. The van der Waals surface area contributed by atoms with Crippen molar-refractivity contribution in [2.75, 3.05) is 13.6 Å². The Balaban J connectivity index is 2.02. The van der Waals surface area contributed by atoms with Crippen LogP contribution in [0.25, 0.3) is 0 Å². The highest BCUT2D eigenvalue weighted by atomic mass is 19.1. The number of unbranched alkanes of at least 4 members (excludes halogenated alkanes) is 3. The Morgan fingerprint density at radius 3 is 2.71 bits per heavy atom. The van der Waals surface area contributed by atoms with Crippen molar-refractivity contribution in [3.05, 3.63) is 53.6 Å². The fraction of sp³-hybridized carbons (Fsp3) is 0.545. The quantitative estimate of drug-likeness (QED) is 0.591. The first-order chi connectivity index (χ1) is 13.4. The molecule has 0 spiro atoms. The van der Waals surface area contributed by atoms with Crippen molar-refractivity contribution in [3.8, 4) is 0 Å². The first-order valence-corrected chi connectivity index (χ1v) is 10.1. The topological polar surface area (TPSA) is 50.2 Å². The van der Waals surface area contributed by atoms with Crippen LogP contribution in [0.4, 0.5) is 4.39 Å². The molecule has 1 heterocycles. The number of likely N-dealkylation sites (N-methyl/N-ethyl adjacent to an activating group) is 1. The standard InChI is InChI=1S/C22H33FN4O/c1-5-6-7-8-10-17(2)25-21(28)16-26(3)22(19-14-24-27(4)15-19)18-11-9-12-20(23)13-18/h9,11-15,17,22H,5-8,10,16H2,1-4H3,(H,25,28). The van der Waals surface area contributed by atoms with Crippen LogP contribution in [0.5, 0.6) is 0 Å². The molecule has 0 aliphatic carbocycles. The third kappa shape index (κ3) is 6.75. The predicted molar refractivity (Wildman–Crippen MR) is 110 cm³/mol. The van der Waals surface area contributed by atoms with E-state index in [2.05, 4.69) is 24.3 Å². The molecule has 5 nitrogen and oxygen atoms in total. The van der Waals surface area contributed by atoms with Crippen LogP contribution in [0.15, 0.2) is 36.7 Å². The largest absolute Gasteiger partial charge is 0.353 e. The molecule has 2 unspecified atom stereocenters. The molecule has 0 saturated carbocycles. The molecule has 28 heavy (non-hydrogen) atoms. The van der Waals surface area contributed by atoms with Crippen LogP contribution in [-0.4, -0.2) is 40.2 Å². The molecule has 1 amide bonds. The smallest absolute Gasteiger partial charge is 0.234 e. The number of amides is 1. The molecule has 0 aliphatic rings. The number of aryl methyl sites for hydroxylation is 1. The van der Waals surface area contributed by atoms with Crippen LogP contribution in [0, 0.1) is 5.82 Å². The van der Waals surface area contributed by atoms with Gasteiger partial charge in [-0.1, -0.05) is 44.7 Å². The van der Waals surface area contributed by atoms with Crippen molar-refractivity contribution in [2.45, 2.75) is 58.0 Å². The molecule has 1 aromatic carbocycles. The van der Waals surface area contributed by atoms with Crippen molar-refractivity contribution in [1.29, 1.82) is 0 Å². The number of nitrogens with zero attached hydrogens (tertiary/aromatic N) is 3. The Hall–Kier alpha value is -2.21. The molecule has 6 heteroatoms.